The van der Waals surface area contributed by atoms with Gasteiger partial charge in [0.15, 0.2) is 0 Å². The lowest BCUT2D eigenvalue weighted by atomic mass is 10.3. The van der Waals surface area contributed by atoms with Gasteiger partial charge in [-0.2, -0.15) is 11.6 Å². The monoisotopic (exact) mass is 154 g/mol. The highest BCUT2D eigenvalue weighted by molar-refractivity contribution is 8.23. The Labute approximate surface area is 67.5 Å². The Morgan fingerprint density at radius 2 is 2.20 bits per heavy atom. The molecule has 1 radical (unpaired) electrons. The molecule has 10 heavy (non-hydrogen) atoms. The lowest BCUT2D eigenvalue weighted by Crippen LogP contribution is -2.16. The van der Waals surface area contributed by atoms with Gasteiger partial charge < -0.3 is 5.23 Å². The Morgan fingerprint density at radius 1 is 1.60 bits per heavy atom. The summed E-state index contributed by atoms with van der Waals surface area (Å²) in [5.74, 6) is 0. The largest absolute Gasteiger partial charge is 0.351 e. The molecule has 0 aromatic carbocycles. The second kappa shape index (κ2) is 1.95. The van der Waals surface area contributed by atoms with E-state index in [9.17, 15) is 0 Å². The van der Waals surface area contributed by atoms with E-state index in [0.29, 0.717) is 4.75 Å². The molecule has 0 aliphatic heterocycles. The second-order valence-corrected chi connectivity index (χ2v) is 4.95. The molecule has 0 amide bonds. The van der Waals surface area contributed by atoms with Crippen molar-refractivity contribution in [3.05, 3.63) is 0 Å². The summed E-state index contributed by atoms with van der Waals surface area (Å²) in [7, 11) is 0. The predicted molar refractivity (Wildman–Crippen MR) is 47.1 cm³/mol. The van der Waals surface area contributed by atoms with Crippen LogP contribution in [-0.4, -0.2) is 18.0 Å². The topological polar surface area (TPSA) is 12.0 Å². The highest BCUT2D eigenvalue weighted by Gasteiger charge is 2.79. The molecule has 0 saturated heterocycles. The highest BCUT2D eigenvalue weighted by atomic mass is 32.2. The summed E-state index contributed by atoms with van der Waals surface area (Å²) in [6, 6.07) is 0. The number of nitrogens with one attached hydrogen (secondary N) is 1. The van der Waals surface area contributed by atoms with Gasteiger partial charge in [0.1, 0.15) is 0 Å². The van der Waals surface area contributed by atoms with Crippen molar-refractivity contribution in [3.8, 4) is 0 Å². The van der Waals surface area contributed by atoms with Gasteiger partial charge in [-0.25, -0.2) is 0 Å². The molecule has 0 aromatic heterocycles. The van der Waals surface area contributed by atoms with E-state index >= 15 is 0 Å². The maximum Gasteiger partial charge on any atom is 0.286 e. The average molecular weight is 154 g/mol. The minimum absolute atomic E-state index is 0.704. The van der Waals surface area contributed by atoms with E-state index in [0.717, 1.165) is 12.0 Å². The first-order valence-corrected chi connectivity index (χ1v) is 4.83. The van der Waals surface area contributed by atoms with Crippen molar-refractivity contribution >= 4 is 18.3 Å². The minimum Gasteiger partial charge on any atom is -0.351 e. The summed E-state index contributed by atoms with van der Waals surface area (Å²) in [4.78, 5) is 0. The Balaban J connectivity index is 1.66. The fourth-order valence-electron chi connectivity index (χ4n) is 1.58. The lowest BCUT2D eigenvalue weighted by Gasteiger charge is -2.00. The number of hydrogen-bond donors (Lipinski definition) is 1. The van der Waals surface area contributed by atoms with Crippen molar-refractivity contribution < 1.29 is 0 Å². The van der Waals surface area contributed by atoms with Crippen LogP contribution in [-0.2, 0) is 0 Å². The lowest BCUT2D eigenvalue weighted by molar-refractivity contribution is 0.726. The van der Waals surface area contributed by atoms with Crippen molar-refractivity contribution in [1.82, 2.24) is 5.23 Å². The number of hydrogen-bond acceptors (Lipinski definition) is 2. The zero-order valence-corrected chi connectivity index (χ0v) is 7.42. The Hall–Kier alpha value is 0.375. The SMILES string of the molecule is CCN[B]SC12CC1(C)C2. The minimum atomic E-state index is 0.704. The van der Waals surface area contributed by atoms with E-state index < -0.39 is 0 Å². The van der Waals surface area contributed by atoms with Gasteiger partial charge in [0, 0.05) is 4.75 Å². The standard InChI is InChI=1S/C7H13BNS/c1-3-9-8-10-7-4-6(7,2)5-7/h9H,3-5H2,1-2H3. The van der Waals surface area contributed by atoms with Gasteiger partial charge in [0.05, 0.1) is 0 Å². The molecule has 1 nitrogen and oxygen atoms in total. The fraction of sp³-hybridized carbons (Fsp3) is 1.00. The van der Waals surface area contributed by atoms with Crippen LogP contribution in [0.25, 0.3) is 0 Å². The molecule has 2 aliphatic rings. The Bertz CT molecular complexity index is 154. The summed E-state index contributed by atoms with van der Waals surface area (Å²) >= 11 is 2.01. The van der Waals surface area contributed by atoms with Crippen LogP contribution in [0.3, 0.4) is 0 Å². The van der Waals surface area contributed by atoms with Gasteiger partial charge >= 0.3 is 0 Å². The quantitative estimate of drug-likeness (QED) is 0.485. The summed E-state index contributed by atoms with van der Waals surface area (Å²) in [5, 5.41) is 3.23. The molecule has 55 valence electrons. The van der Waals surface area contributed by atoms with E-state index in [2.05, 4.69) is 25.8 Å². The Morgan fingerprint density at radius 3 is 2.60 bits per heavy atom. The molecule has 0 bridgehead atoms. The summed E-state index contributed by atoms with van der Waals surface area (Å²) in [6.45, 7) is 7.74. The molecule has 0 unspecified atom stereocenters. The molecule has 2 saturated carbocycles. The summed E-state index contributed by atoms with van der Waals surface area (Å²) in [5.41, 5.74) is 0.754. The van der Waals surface area contributed by atoms with Crippen LogP contribution in [0.15, 0.2) is 0 Å². The number of fused-ring (bicyclic) bond motifs is 1. The van der Waals surface area contributed by atoms with E-state index in [4.69, 9.17) is 0 Å². The highest BCUT2D eigenvalue weighted by Crippen LogP contribution is 2.84. The molecular formula is C7H13BNS. The van der Waals surface area contributed by atoms with Gasteiger partial charge in [-0.3, -0.25) is 0 Å². The molecule has 3 heteroatoms. The van der Waals surface area contributed by atoms with Gasteiger partial charge in [0.2, 0.25) is 0 Å². The molecule has 1 N–H and O–H groups in total. The van der Waals surface area contributed by atoms with Crippen LogP contribution < -0.4 is 5.23 Å². The van der Waals surface area contributed by atoms with Crippen molar-refractivity contribution in [2.75, 3.05) is 6.54 Å². The van der Waals surface area contributed by atoms with Crippen LogP contribution in [0.2, 0.25) is 0 Å². The van der Waals surface area contributed by atoms with Crippen molar-refractivity contribution in [3.63, 3.8) is 0 Å². The third-order valence-electron chi connectivity index (χ3n) is 2.77. The average Bonchev–Trinajstić information content (AvgIpc) is 2.54. The zero-order chi connectivity index (χ0) is 7.24. The smallest absolute Gasteiger partial charge is 0.286 e. The van der Waals surface area contributed by atoms with Gasteiger partial charge in [0.25, 0.3) is 6.69 Å². The maximum absolute atomic E-state index is 3.23. The molecule has 2 rings (SSSR count). The Kier molecular flexibility index (Phi) is 1.37. The number of rotatable bonds is 4. The predicted octanol–water partition coefficient (Wildman–Crippen LogP) is 1.42. The van der Waals surface area contributed by atoms with Crippen LogP contribution >= 0.6 is 11.6 Å². The third-order valence-corrected chi connectivity index (χ3v) is 4.29. The maximum atomic E-state index is 3.23. The molecule has 0 aromatic rings. The van der Waals surface area contributed by atoms with Crippen LogP contribution in [0.5, 0.6) is 0 Å². The van der Waals surface area contributed by atoms with Crippen molar-refractivity contribution in [1.29, 1.82) is 0 Å². The second-order valence-electron chi connectivity index (χ2n) is 3.70. The summed E-state index contributed by atoms with van der Waals surface area (Å²) < 4.78 is 0.704. The van der Waals surface area contributed by atoms with E-state index in [-0.39, 0.29) is 0 Å². The molecule has 0 heterocycles. The first kappa shape index (κ1) is 7.05. The van der Waals surface area contributed by atoms with Gasteiger partial charge in [-0.05, 0) is 24.8 Å². The van der Waals surface area contributed by atoms with Crippen LogP contribution in [0.1, 0.15) is 26.7 Å². The van der Waals surface area contributed by atoms with E-state index in [1.807, 2.05) is 11.6 Å². The molecule has 0 atom stereocenters. The molecule has 0 spiro atoms. The third kappa shape index (κ3) is 0.834. The first-order chi connectivity index (χ1) is 4.72. The summed E-state index contributed by atoms with van der Waals surface area (Å²) in [6.07, 6.45) is 2.90. The van der Waals surface area contributed by atoms with Crippen LogP contribution in [0.4, 0.5) is 0 Å². The molecular weight excluding hydrogens is 141 g/mol. The van der Waals surface area contributed by atoms with Crippen molar-refractivity contribution in [2.24, 2.45) is 5.41 Å². The van der Waals surface area contributed by atoms with Crippen LogP contribution in [0, 0.1) is 5.41 Å². The molecule has 2 fully saturated rings. The van der Waals surface area contributed by atoms with E-state index in [1.54, 1.807) is 0 Å². The zero-order valence-electron chi connectivity index (χ0n) is 6.61. The molecule has 2 aliphatic carbocycles. The van der Waals surface area contributed by atoms with Crippen molar-refractivity contribution in [2.45, 2.75) is 31.4 Å². The van der Waals surface area contributed by atoms with Gasteiger partial charge in [-0.1, -0.05) is 13.8 Å². The van der Waals surface area contributed by atoms with Gasteiger partial charge in [-0.15, -0.1) is 0 Å². The normalized spacial score (nSPS) is 48.2. The fourth-order valence-corrected chi connectivity index (χ4v) is 3.15. The first-order valence-electron chi connectivity index (χ1n) is 3.95. The van der Waals surface area contributed by atoms with E-state index in [1.165, 1.54) is 12.8 Å².